The molecule has 124 valence electrons. The standard InChI is InChI=1S/C18H22BrNO3/c1-12(14-5-7-15(19)8-6-14)20-11-13-9-16(21-2)18(23-4)17(10-13)22-3/h5-10,12,20H,11H2,1-4H3/t12-/m1/s1. The molecule has 0 amide bonds. The zero-order chi connectivity index (χ0) is 16.8. The Labute approximate surface area is 145 Å². The smallest absolute Gasteiger partial charge is 0.203 e. The van der Waals surface area contributed by atoms with Gasteiger partial charge in [-0.2, -0.15) is 0 Å². The molecule has 5 heteroatoms. The van der Waals surface area contributed by atoms with E-state index in [9.17, 15) is 0 Å². The molecule has 0 aromatic heterocycles. The van der Waals surface area contributed by atoms with Crippen molar-refractivity contribution >= 4 is 15.9 Å². The topological polar surface area (TPSA) is 39.7 Å². The van der Waals surface area contributed by atoms with E-state index < -0.39 is 0 Å². The van der Waals surface area contributed by atoms with Crippen LogP contribution in [0.4, 0.5) is 0 Å². The number of rotatable bonds is 7. The van der Waals surface area contributed by atoms with Crippen molar-refractivity contribution < 1.29 is 14.2 Å². The Hall–Kier alpha value is -1.72. The van der Waals surface area contributed by atoms with Gasteiger partial charge in [0.1, 0.15) is 0 Å². The van der Waals surface area contributed by atoms with E-state index in [1.54, 1.807) is 21.3 Å². The highest BCUT2D eigenvalue weighted by atomic mass is 79.9. The number of halogens is 1. The summed E-state index contributed by atoms with van der Waals surface area (Å²) in [5.41, 5.74) is 2.31. The summed E-state index contributed by atoms with van der Waals surface area (Å²) >= 11 is 3.46. The summed E-state index contributed by atoms with van der Waals surface area (Å²) in [4.78, 5) is 0. The van der Waals surface area contributed by atoms with Crippen molar-refractivity contribution in [3.05, 3.63) is 52.0 Å². The van der Waals surface area contributed by atoms with Gasteiger partial charge >= 0.3 is 0 Å². The quantitative estimate of drug-likeness (QED) is 0.777. The number of ether oxygens (including phenoxy) is 3. The molecule has 0 fully saturated rings. The lowest BCUT2D eigenvalue weighted by Crippen LogP contribution is -2.18. The maximum absolute atomic E-state index is 5.39. The molecule has 1 N–H and O–H groups in total. The number of benzene rings is 2. The van der Waals surface area contributed by atoms with Crippen LogP contribution in [0.2, 0.25) is 0 Å². The Kier molecular flexibility index (Phi) is 6.30. The first-order chi connectivity index (χ1) is 11.1. The molecule has 0 aliphatic carbocycles. The summed E-state index contributed by atoms with van der Waals surface area (Å²) in [6, 6.07) is 12.5. The van der Waals surface area contributed by atoms with Gasteiger partial charge in [0.25, 0.3) is 0 Å². The van der Waals surface area contributed by atoms with Crippen molar-refractivity contribution in [2.45, 2.75) is 19.5 Å². The normalized spacial score (nSPS) is 11.9. The molecule has 2 aromatic carbocycles. The van der Waals surface area contributed by atoms with Crippen LogP contribution in [0.25, 0.3) is 0 Å². The molecular weight excluding hydrogens is 358 g/mol. The van der Waals surface area contributed by atoms with E-state index in [0.717, 1.165) is 10.0 Å². The minimum atomic E-state index is 0.238. The largest absolute Gasteiger partial charge is 0.493 e. The first-order valence-corrected chi connectivity index (χ1v) is 8.16. The Bertz CT molecular complexity index is 618. The molecule has 23 heavy (non-hydrogen) atoms. The van der Waals surface area contributed by atoms with Crippen LogP contribution in [0.15, 0.2) is 40.9 Å². The average Bonchev–Trinajstić information content (AvgIpc) is 2.59. The second kappa shape index (κ2) is 8.22. The van der Waals surface area contributed by atoms with Crippen LogP contribution in [0.3, 0.4) is 0 Å². The van der Waals surface area contributed by atoms with Gasteiger partial charge in [0, 0.05) is 17.1 Å². The molecule has 0 aliphatic heterocycles. The van der Waals surface area contributed by atoms with E-state index in [-0.39, 0.29) is 6.04 Å². The zero-order valence-electron chi connectivity index (χ0n) is 13.9. The van der Waals surface area contributed by atoms with Crippen LogP contribution in [0, 0.1) is 0 Å². The van der Waals surface area contributed by atoms with E-state index in [0.29, 0.717) is 23.8 Å². The highest BCUT2D eigenvalue weighted by Gasteiger charge is 2.13. The molecule has 0 spiro atoms. The molecular formula is C18H22BrNO3. The third-order valence-corrected chi connectivity index (χ3v) is 4.24. The summed E-state index contributed by atoms with van der Waals surface area (Å²) in [6.45, 7) is 2.84. The average molecular weight is 380 g/mol. The summed E-state index contributed by atoms with van der Waals surface area (Å²) in [6.07, 6.45) is 0. The molecule has 2 aromatic rings. The highest BCUT2D eigenvalue weighted by molar-refractivity contribution is 9.10. The van der Waals surface area contributed by atoms with Crippen molar-refractivity contribution in [1.29, 1.82) is 0 Å². The minimum Gasteiger partial charge on any atom is -0.493 e. The fourth-order valence-corrected chi connectivity index (χ4v) is 2.64. The molecule has 4 nitrogen and oxygen atoms in total. The van der Waals surface area contributed by atoms with Crippen molar-refractivity contribution in [2.75, 3.05) is 21.3 Å². The van der Waals surface area contributed by atoms with Gasteiger partial charge in [0.05, 0.1) is 21.3 Å². The Balaban J connectivity index is 2.12. The van der Waals surface area contributed by atoms with Gasteiger partial charge in [-0.15, -0.1) is 0 Å². The molecule has 0 heterocycles. The van der Waals surface area contributed by atoms with Crippen LogP contribution in [-0.2, 0) is 6.54 Å². The fraction of sp³-hybridized carbons (Fsp3) is 0.333. The van der Waals surface area contributed by atoms with Crippen LogP contribution in [-0.4, -0.2) is 21.3 Å². The van der Waals surface area contributed by atoms with Gasteiger partial charge in [-0.3, -0.25) is 0 Å². The predicted molar refractivity (Wildman–Crippen MR) is 95.5 cm³/mol. The van der Waals surface area contributed by atoms with E-state index >= 15 is 0 Å². The monoisotopic (exact) mass is 379 g/mol. The third-order valence-electron chi connectivity index (χ3n) is 3.71. The van der Waals surface area contributed by atoms with Gasteiger partial charge in [0.2, 0.25) is 5.75 Å². The number of hydrogen-bond donors (Lipinski definition) is 1. The first-order valence-electron chi connectivity index (χ1n) is 7.36. The zero-order valence-corrected chi connectivity index (χ0v) is 15.4. The van der Waals surface area contributed by atoms with Crippen molar-refractivity contribution in [3.63, 3.8) is 0 Å². The SMILES string of the molecule is COc1cc(CN[C@H](C)c2ccc(Br)cc2)cc(OC)c1OC. The molecule has 0 bridgehead atoms. The van der Waals surface area contributed by atoms with Crippen molar-refractivity contribution in [2.24, 2.45) is 0 Å². The molecule has 0 unspecified atom stereocenters. The molecule has 2 rings (SSSR count). The number of hydrogen-bond acceptors (Lipinski definition) is 4. The first kappa shape index (κ1) is 17.6. The summed E-state index contributed by atoms with van der Waals surface area (Å²) in [5, 5.41) is 3.51. The fourth-order valence-electron chi connectivity index (χ4n) is 2.38. The lowest BCUT2D eigenvalue weighted by molar-refractivity contribution is 0.323. The predicted octanol–water partition coefficient (Wildman–Crippen LogP) is 4.33. The van der Waals surface area contributed by atoms with Crippen LogP contribution in [0.1, 0.15) is 24.1 Å². The van der Waals surface area contributed by atoms with Crippen LogP contribution in [0.5, 0.6) is 17.2 Å². The highest BCUT2D eigenvalue weighted by Crippen LogP contribution is 2.38. The van der Waals surface area contributed by atoms with Gasteiger partial charge in [-0.25, -0.2) is 0 Å². The number of methoxy groups -OCH3 is 3. The van der Waals surface area contributed by atoms with E-state index in [1.165, 1.54) is 5.56 Å². The second-order valence-corrected chi connectivity index (χ2v) is 6.10. The lowest BCUT2D eigenvalue weighted by Gasteiger charge is -2.17. The van der Waals surface area contributed by atoms with Crippen LogP contribution < -0.4 is 19.5 Å². The minimum absolute atomic E-state index is 0.238. The van der Waals surface area contributed by atoms with Gasteiger partial charge in [-0.1, -0.05) is 28.1 Å². The van der Waals surface area contributed by atoms with E-state index in [1.807, 2.05) is 24.3 Å². The van der Waals surface area contributed by atoms with Crippen molar-refractivity contribution in [3.8, 4) is 17.2 Å². The molecule has 1 atom stereocenters. The van der Waals surface area contributed by atoms with Gasteiger partial charge in [0.15, 0.2) is 11.5 Å². The van der Waals surface area contributed by atoms with E-state index in [2.05, 4.69) is 40.3 Å². The summed E-state index contributed by atoms with van der Waals surface area (Å²) in [5.74, 6) is 1.94. The second-order valence-electron chi connectivity index (χ2n) is 5.19. The number of nitrogens with one attached hydrogen (secondary N) is 1. The lowest BCUT2D eigenvalue weighted by atomic mass is 10.1. The summed E-state index contributed by atoms with van der Waals surface area (Å²) < 4.78 is 17.2. The maximum Gasteiger partial charge on any atom is 0.203 e. The van der Waals surface area contributed by atoms with Gasteiger partial charge in [-0.05, 0) is 42.3 Å². The molecule has 0 radical (unpaired) electrons. The maximum atomic E-state index is 5.39. The Morgan fingerprint density at radius 2 is 1.52 bits per heavy atom. The Morgan fingerprint density at radius 1 is 0.957 bits per heavy atom. The Morgan fingerprint density at radius 3 is 2.00 bits per heavy atom. The molecule has 0 saturated carbocycles. The summed E-state index contributed by atoms with van der Waals surface area (Å²) in [7, 11) is 4.85. The molecule has 0 aliphatic rings. The van der Waals surface area contributed by atoms with E-state index in [4.69, 9.17) is 14.2 Å². The van der Waals surface area contributed by atoms with Gasteiger partial charge < -0.3 is 19.5 Å². The molecule has 0 saturated heterocycles. The van der Waals surface area contributed by atoms with Crippen molar-refractivity contribution in [1.82, 2.24) is 5.32 Å². The third kappa shape index (κ3) is 4.39. The van der Waals surface area contributed by atoms with Crippen LogP contribution >= 0.6 is 15.9 Å².